The molecule has 6 nitrogen and oxygen atoms in total. The third kappa shape index (κ3) is 5.34. The zero-order valence-electron chi connectivity index (χ0n) is 17.7. The van der Waals surface area contributed by atoms with E-state index in [2.05, 4.69) is 15.3 Å². The van der Waals surface area contributed by atoms with E-state index in [1.165, 1.54) is 5.56 Å². The third-order valence-electron chi connectivity index (χ3n) is 5.86. The van der Waals surface area contributed by atoms with Gasteiger partial charge in [0.2, 0.25) is 0 Å². The summed E-state index contributed by atoms with van der Waals surface area (Å²) < 4.78 is 0. The van der Waals surface area contributed by atoms with Crippen LogP contribution in [0, 0.1) is 0 Å². The van der Waals surface area contributed by atoms with Crippen molar-refractivity contribution in [1.82, 2.24) is 20.2 Å². The Kier molecular flexibility index (Phi) is 6.70. The average molecular weight is 417 g/mol. The lowest BCUT2D eigenvalue weighted by Crippen LogP contribution is -2.35. The molecule has 0 aliphatic carbocycles. The zero-order valence-corrected chi connectivity index (χ0v) is 17.7. The Labute approximate surface area is 183 Å². The summed E-state index contributed by atoms with van der Waals surface area (Å²) >= 11 is 0. The summed E-state index contributed by atoms with van der Waals surface area (Å²) in [6.45, 7) is 0.529. The lowest BCUT2D eigenvalue weighted by atomic mass is 10.0. The van der Waals surface area contributed by atoms with Crippen LogP contribution in [-0.4, -0.2) is 45.0 Å². The van der Waals surface area contributed by atoms with Crippen molar-refractivity contribution in [2.24, 2.45) is 0 Å². The predicted octanol–water partition coefficient (Wildman–Crippen LogP) is 3.15. The molecule has 1 fully saturated rings. The van der Waals surface area contributed by atoms with Crippen LogP contribution in [0.1, 0.15) is 46.0 Å². The first kappa shape index (κ1) is 21.2. The Bertz CT molecular complexity index is 979. The number of carbonyl (C=O) groups excluding carboxylic acids is 1. The van der Waals surface area contributed by atoms with Gasteiger partial charge in [0.1, 0.15) is 0 Å². The van der Waals surface area contributed by atoms with Gasteiger partial charge in [0.25, 0.3) is 5.91 Å². The topological polar surface area (TPSA) is 78.4 Å². The molecule has 1 aromatic carbocycles. The van der Waals surface area contributed by atoms with Crippen LogP contribution in [0.25, 0.3) is 0 Å². The van der Waals surface area contributed by atoms with Crippen LogP contribution in [0.4, 0.5) is 0 Å². The Balaban J connectivity index is 1.31. The molecule has 160 valence electrons. The molecular weight excluding hydrogens is 388 g/mol. The highest BCUT2D eigenvalue weighted by Gasteiger charge is 2.30. The zero-order chi connectivity index (χ0) is 21.6. The molecule has 1 amide bonds. The predicted molar refractivity (Wildman–Crippen MR) is 119 cm³/mol. The maximum absolute atomic E-state index is 12.7. The van der Waals surface area contributed by atoms with E-state index in [9.17, 15) is 9.90 Å². The molecule has 0 radical (unpaired) electrons. The smallest absolute Gasteiger partial charge is 0.253 e. The van der Waals surface area contributed by atoms with Crippen molar-refractivity contribution < 1.29 is 9.90 Å². The Morgan fingerprint density at radius 1 is 1.06 bits per heavy atom. The Morgan fingerprint density at radius 2 is 1.81 bits per heavy atom. The number of aromatic nitrogens is 2. The monoisotopic (exact) mass is 416 g/mol. The van der Waals surface area contributed by atoms with Gasteiger partial charge in [0, 0.05) is 61.6 Å². The van der Waals surface area contributed by atoms with Gasteiger partial charge in [-0.2, -0.15) is 0 Å². The fourth-order valence-corrected chi connectivity index (χ4v) is 4.17. The van der Waals surface area contributed by atoms with Crippen LogP contribution in [0.3, 0.4) is 0 Å². The minimum absolute atomic E-state index is 0.00551. The first-order valence-corrected chi connectivity index (χ1v) is 10.7. The minimum Gasteiger partial charge on any atom is -0.387 e. The molecule has 31 heavy (non-hydrogen) atoms. The molecule has 3 atom stereocenters. The average Bonchev–Trinajstić information content (AvgIpc) is 3.28. The van der Waals surface area contributed by atoms with Crippen molar-refractivity contribution in [2.45, 2.75) is 44.0 Å². The van der Waals surface area contributed by atoms with Gasteiger partial charge in [0.05, 0.1) is 6.10 Å². The molecule has 1 aliphatic heterocycles. The number of carbonyl (C=O) groups is 1. The van der Waals surface area contributed by atoms with Crippen LogP contribution < -0.4 is 5.32 Å². The van der Waals surface area contributed by atoms with Gasteiger partial charge < -0.3 is 15.3 Å². The van der Waals surface area contributed by atoms with Crippen molar-refractivity contribution in [1.29, 1.82) is 0 Å². The number of nitrogens with one attached hydrogen (secondary N) is 1. The molecule has 1 aliphatic rings. The number of pyridine rings is 2. The third-order valence-corrected chi connectivity index (χ3v) is 5.86. The van der Waals surface area contributed by atoms with Crippen LogP contribution in [0.5, 0.6) is 0 Å². The number of nitrogens with zero attached hydrogens (tertiary/aromatic N) is 3. The summed E-state index contributed by atoms with van der Waals surface area (Å²) in [4.78, 5) is 22.6. The van der Waals surface area contributed by atoms with E-state index in [0.29, 0.717) is 18.2 Å². The van der Waals surface area contributed by atoms with Gasteiger partial charge in [-0.1, -0.05) is 24.3 Å². The molecule has 0 spiro atoms. The summed E-state index contributed by atoms with van der Waals surface area (Å²) in [5, 5.41) is 14.2. The second-order valence-corrected chi connectivity index (χ2v) is 8.20. The highest BCUT2D eigenvalue weighted by atomic mass is 16.3. The fourth-order valence-electron chi connectivity index (χ4n) is 4.17. The lowest BCUT2D eigenvalue weighted by Gasteiger charge is -2.20. The summed E-state index contributed by atoms with van der Waals surface area (Å²) in [5.74, 6) is -0.00551. The van der Waals surface area contributed by atoms with E-state index in [1.54, 1.807) is 36.7 Å². The van der Waals surface area contributed by atoms with Gasteiger partial charge in [-0.05, 0) is 54.7 Å². The number of amides is 1. The number of hydrogen-bond acceptors (Lipinski definition) is 5. The Morgan fingerprint density at radius 3 is 2.48 bits per heavy atom. The maximum Gasteiger partial charge on any atom is 0.253 e. The summed E-state index contributed by atoms with van der Waals surface area (Å²) in [7, 11) is 1.80. The van der Waals surface area contributed by atoms with E-state index < -0.39 is 6.10 Å². The number of benzene rings is 1. The molecule has 2 N–H and O–H groups in total. The standard InChI is InChI=1S/C25H28N4O2/c1-29(17-19-4-2-12-26-15-19)25(31)20-8-6-18(7-9-20)14-22-10-11-23(28-22)24(30)21-5-3-13-27-16-21/h2-9,12-13,15-16,22-24,28,30H,10-11,14,17H2,1H3/t22-,23+,24+/m0/s1. The molecular formula is C25H28N4O2. The van der Waals surface area contributed by atoms with Gasteiger partial charge >= 0.3 is 0 Å². The van der Waals surface area contributed by atoms with Crippen LogP contribution in [-0.2, 0) is 13.0 Å². The molecule has 2 aromatic heterocycles. The highest BCUT2D eigenvalue weighted by Crippen LogP contribution is 2.26. The quantitative estimate of drug-likeness (QED) is 0.619. The maximum atomic E-state index is 12.7. The van der Waals surface area contributed by atoms with E-state index in [1.807, 2.05) is 48.5 Å². The minimum atomic E-state index is -0.547. The normalized spacial score (nSPS) is 19.2. The van der Waals surface area contributed by atoms with E-state index >= 15 is 0 Å². The molecule has 3 aromatic rings. The summed E-state index contributed by atoms with van der Waals surface area (Å²) in [6.07, 6.45) is 9.20. The number of rotatable bonds is 7. The van der Waals surface area contributed by atoms with E-state index in [4.69, 9.17) is 0 Å². The van der Waals surface area contributed by atoms with Crippen molar-refractivity contribution >= 4 is 5.91 Å². The van der Waals surface area contributed by atoms with Crippen LogP contribution in [0.15, 0.2) is 73.3 Å². The summed E-state index contributed by atoms with van der Waals surface area (Å²) in [5.41, 5.74) is 3.71. The molecule has 3 heterocycles. The van der Waals surface area contributed by atoms with Crippen molar-refractivity contribution in [2.75, 3.05) is 7.05 Å². The fraction of sp³-hybridized carbons (Fsp3) is 0.320. The molecule has 0 saturated carbocycles. The van der Waals surface area contributed by atoms with Gasteiger partial charge in [0.15, 0.2) is 0 Å². The number of hydrogen-bond donors (Lipinski definition) is 2. The van der Waals surface area contributed by atoms with Crippen molar-refractivity contribution in [3.8, 4) is 0 Å². The molecule has 0 bridgehead atoms. The SMILES string of the molecule is CN(Cc1cccnc1)C(=O)c1ccc(C[C@@H]2CC[C@H]([C@H](O)c3cccnc3)N2)cc1. The molecule has 4 rings (SSSR count). The second kappa shape index (κ2) is 9.81. The second-order valence-electron chi connectivity index (χ2n) is 8.20. The highest BCUT2D eigenvalue weighted by molar-refractivity contribution is 5.94. The number of aliphatic hydroxyl groups excluding tert-OH is 1. The van der Waals surface area contributed by atoms with E-state index in [-0.39, 0.29) is 11.9 Å². The van der Waals surface area contributed by atoms with Crippen LogP contribution in [0.2, 0.25) is 0 Å². The van der Waals surface area contributed by atoms with Gasteiger partial charge in [-0.25, -0.2) is 0 Å². The molecule has 0 unspecified atom stereocenters. The lowest BCUT2D eigenvalue weighted by molar-refractivity contribution is 0.0785. The van der Waals surface area contributed by atoms with Crippen molar-refractivity contribution in [3.05, 3.63) is 95.6 Å². The number of aliphatic hydroxyl groups is 1. The molecule has 6 heteroatoms. The molecule has 1 saturated heterocycles. The van der Waals surface area contributed by atoms with Crippen molar-refractivity contribution in [3.63, 3.8) is 0 Å². The first-order chi connectivity index (χ1) is 15.1. The van der Waals surface area contributed by atoms with E-state index in [0.717, 1.165) is 30.4 Å². The largest absolute Gasteiger partial charge is 0.387 e. The van der Waals surface area contributed by atoms with Gasteiger partial charge in [-0.15, -0.1) is 0 Å². The summed E-state index contributed by atoms with van der Waals surface area (Å²) in [6, 6.07) is 15.8. The first-order valence-electron chi connectivity index (χ1n) is 10.7. The Hall–Kier alpha value is -3.09. The van der Waals surface area contributed by atoms with Gasteiger partial charge in [-0.3, -0.25) is 14.8 Å². The van der Waals surface area contributed by atoms with Crippen LogP contribution >= 0.6 is 0 Å².